The van der Waals surface area contributed by atoms with Crippen LogP contribution in [0.25, 0.3) is 11.3 Å². The monoisotopic (exact) mass is 449 g/mol. The summed E-state index contributed by atoms with van der Waals surface area (Å²) in [7, 11) is -3.46. The summed E-state index contributed by atoms with van der Waals surface area (Å²) in [5.41, 5.74) is 0.867. The molecule has 1 aromatic carbocycles. The van der Waals surface area contributed by atoms with Crippen LogP contribution in [0.1, 0.15) is 25.2 Å². The van der Waals surface area contributed by atoms with E-state index in [4.69, 9.17) is 16.0 Å². The highest BCUT2D eigenvalue weighted by molar-refractivity contribution is 7.98. The summed E-state index contributed by atoms with van der Waals surface area (Å²) in [4.78, 5) is 8.84. The van der Waals surface area contributed by atoms with E-state index in [0.717, 1.165) is 24.8 Å². The van der Waals surface area contributed by atoms with Gasteiger partial charge in [0.2, 0.25) is 15.9 Å². The van der Waals surface area contributed by atoms with E-state index >= 15 is 0 Å². The van der Waals surface area contributed by atoms with Crippen LogP contribution in [0.15, 0.2) is 63.1 Å². The molecule has 1 fully saturated rings. The molecule has 0 bridgehead atoms. The molecule has 6 nitrogen and oxygen atoms in total. The zero-order chi connectivity index (χ0) is 20.3. The van der Waals surface area contributed by atoms with E-state index in [1.54, 1.807) is 28.7 Å². The number of piperidine rings is 1. The fraction of sp³-hybridized carbons (Fsp3) is 0.300. The Kier molecular flexibility index (Phi) is 6.24. The number of rotatable bonds is 6. The van der Waals surface area contributed by atoms with E-state index in [2.05, 4.69) is 9.97 Å². The van der Waals surface area contributed by atoms with Gasteiger partial charge in [-0.3, -0.25) is 0 Å². The van der Waals surface area contributed by atoms with Gasteiger partial charge in [-0.15, -0.1) is 0 Å². The molecule has 3 heterocycles. The topological polar surface area (TPSA) is 76.3 Å². The second-order valence-electron chi connectivity index (χ2n) is 6.71. The lowest BCUT2D eigenvalue weighted by molar-refractivity contribution is 0.346. The van der Waals surface area contributed by atoms with Crippen molar-refractivity contribution in [3.63, 3.8) is 0 Å². The first-order valence-electron chi connectivity index (χ1n) is 9.32. The van der Waals surface area contributed by atoms with E-state index in [-0.39, 0.29) is 4.90 Å². The van der Waals surface area contributed by atoms with Crippen LogP contribution in [0.5, 0.6) is 0 Å². The van der Waals surface area contributed by atoms with Crippen LogP contribution in [0, 0.1) is 0 Å². The van der Waals surface area contributed by atoms with Crippen molar-refractivity contribution in [1.82, 2.24) is 14.3 Å². The van der Waals surface area contributed by atoms with Gasteiger partial charge in [-0.25, -0.2) is 18.4 Å². The van der Waals surface area contributed by atoms with Crippen molar-refractivity contribution in [3.8, 4) is 11.3 Å². The van der Waals surface area contributed by atoms with Crippen molar-refractivity contribution >= 4 is 33.4 Å². The fourth-order valence-electron chi connectivity index (χ4n) is 3.15. The van der Waals surface area contributed by atoms with Crippen molar-refractivity contribution in [2.75, 3.05) is 13.1 Å². The van der Waals surface area contributed by atoms with Crippen molar-refractivity contribution < 1.29 is 12.8 Å². The molecule has 3 aromatic rings. The number of hydrogen-bond donors (Lipinski definition) is 0. The zero-order valence-corrected chi connectivity index (χ0v) is 18.0. The predicted octanol–water partition coefficient (Wildman–Crippen LogP) is 4.86. The highest BCUT2D eigenvalue weighted by atomic mass is 35.5. The van der Waals surface area contributed by atoms with E-state index in [0.29, 0.717) is 40.5 Å². The van der Waals surface area contributed by atoms with Gasteiger partial charge in [-0.1, -0.05) is 41.9 Å². The molecule has 0 aliphatic carbocycles. The minimum atomic E-state index is -3.46. The van der Waals surface area contributed by atoms with E-state index in [9.17, 15) is 8.42 Å². The maximum atomic E-state index is 12.7. The molecule has 2 aromatic heterocycles. The number of thioether (sulfide) groups is 1. The van der Waals surface area contributed by atoms with Crippen molar-refractivity contribution in [1.29, 1.82) is 0 Å². The quantitative estimate of drug-likeness (QED) is 0.500. The van der Waals surface area contributed by atoms with E-state index in [1.165, 1.54) is 18.0 Å². The van der Waals surface area contributed by atoms with Gasteiger partial charge in [0.1, 0.15) is 4.90 Å². The third kappa shape index (κ3) is 4.83. The van der Waals surface area contributed by atoms with Gasteiger partial charge in [-0.2, -0.15) is 4.31 Å². The van der Waals surface area contributed by atoms with Gasteiger partial charge in [-0.05, 0) is 37.1 Å². The summed E-state index contributed by atoms with van der Waals surface area (Å²) in [5, 5.41) is 1.35. The van der Waals surface area contributed by atoms with Gasteiger partial charge in [0.15, 0.2) is 5.76 Å². The number of sulfonamides is 1. The summed E-state index contributed by atoms with van der Waals surface area (Å²) < 4.78 is 32.7. The van der Waals surface area contributed by atoms with Gasteiger partial charge < -0.3 is 4.42 Å². The molecule has 0 atom stereocenters. The van der Waals surface area contributed by atoms with E-state index < -0.39 is 10.0 Å². The molecule has 4 rings (SSSR count). The molecular formula is C20H20ClN3O3S2. The maximum absolute atomic E-state index is 12.7. The van der Waals surface area contributed by atoms with Crippen LogP contribution < -0.4 is 0 Å². The Morgan fingerprint density at radius 1 is 1.07 bits per heavy atom. The average molecular weight is 450 g/mol. The van der Waals surface area contributed by atoms with Gasteiger partial charge >= 0.3 is 0 Å². The van der Waals surface area contributed by atoms with Crippen molar-refractivity contribution in [2.45, 2.75) is 34.9 Å². The van der Waals surface area contributed by atoms with Crippen molar-refractivity contribution in [3.05, 3.63) is 59.7 Å². The van der Waals surface area contributed by atoms with Crippen molar-refractivity contribution in [2.24, 2.45) is 0 Å². The number of pyridine rings is 1. The summed E-state index contributed by atoms with van der Waals surface area (Å²) in [5.74, 6) is 1.71. The number of hydrogen-bond acceptors (Lipinski definition) is 6. The average Bonchev–Trinajstić information content (AvgIpc) is 3.22. The molecule has 29 heavy (non-hydrogen) atoms. The first-order chi connectivity index (χ1) is 14.0. The normalized spacial score (nSPS) is 15.5. The Bertz CT molecular complexity index is 1080. The Hall–Kier alpha value is -1.87. The highest BCUT2D eigenvalue weighted by Gasteiger charge is 2.26. The SMILES string of the molecule is O=S(=O)(c1ccc(SCc2ncc(-c3cccc(Cl)c3)o2)nc1)N1CCCCC1. The minimum Gasteiger partial charge on any atom is -0.440 e. The summed E-state index contributed by atoms with van der Waals surface area (Å²) in [6.07, 6.45) is 6.00. The number of aromatic nitrogens is 2. The third-order valence-corrected chi connectivity index (χ3v) is 7.71. The number of nitrogens with zero attached hydrogens (tertiary/aromatic N) is 3. The minimum absolute atomic E-state index is 0.239. The van der Waals surface area contributed by atoms with Crippen LogP contribution in [0.4, 0.5) is 0 Å². The van der Waals surface area contributed by atoms with Gasteiger partial charge in [0.25, 0.3) is 0 Å². The zero-order valence-electron chi connectivity index (χ0n) is 15.6. The largest absolute Gasteiger partial charge is 0.440 e. The predicted molar refractivity (Wildman–Crippen MR) is 113 cm³/mol. The van der Waals surface area contributed by atoms with Crippen LogP contribution in [-0.4, -0.2) is 35.8 Å². The molecule has 0 unspecified atom stereocenters. The summed E-state index contributed by atoms with van der Waals surface area (Å²) >= 11 is 7.46. The standard InChI is InChI=1S/C20H20ClN3O3S2/c21-16-6-4-5-15(11-16)18-13-22-19(27-18)14-28-20-8-7-17(12-23-20)29(25,26)24-9-2-1-3-10-24/h4-8,11-13H,1-3,9-10,14H2. The number of benzene rings is 1. The molecular weight excluding hydrogens is 430 g/mol. The molecule has 9 heteroatoms. The summed E-state index contributed by atoms with van der Waals surface area (Å²) in [6, 6.07) is 10.7. The second kappa shape index (κ2) is 8.87. The van der Waals surface area contributed by atoms with Gasteiger partial charge in [0.05, 0.1) is 17.0 Å². The molecule has 152 valence electrons. The molecule has 0 radical (unpaired) electrons. The molecule has 1 saturated heterocycles. The van der Waals surface area contributed by atoms with Crippen LogP contribution in [0.2, 0.25) is 5.02 Å². The maximum Gasteiger partial charge on any atom is 0.244 e. The fourth-order valence-corrected chi connectivity index (χ4v) is 5.50. The van der Waals surface area contributed by atoms with Crippen LogP contribution in [-0.2, 0) is 15.8 Å². The van der Waals surface area contributed by atoms with E-state index in [1.807, 2.05) is 18.2 Å². The Morgan fingerprint density at radius 3 is 2.62 bits per heavy atom. The third-order valence-electron chi connectivity index (χ3n) is 4.67. The lowest BCUT2D eigenvalue weighted by Gasteiger charge is -2.25. The lowest BCUT2D eigenvalue weighted by atomic mass is 10.2. The second-order valence-corrected chi connectivity index (χ2v) is 10.1. The molecule has 0 amide bonds. The Labute approximate surface area is 179 Å². The number of halogens is 1. The van der Waals surface area contributed by atoms with Gasteiger partial charge in [0, 0.05) is 29.9 Å². The van der Waals surface area contributed by atoms with Crippen LogP contribution >= 0.6 is 23.4 Å². The summed E-state index contributed by atoms with van der Waals surface area (Å²) in [6.45, 7) is 1.16. The molecule has 0 saturated carbocycles. The first kappa shape index (κ1) is 20.4. The molecule has 0 spiro atoms. The first-order valence-corrected chi connectivity index (χ1v) is 12.1. The molecule has 1 aliphatic rings. The lowest BCUT2D eigenvalue weighted by Crippen LogP contribution is -2.35. The Morgan fingerprint density at radius 2 is 1.90 bits per heavy atom. The number of oxazole rings is 1. The molecule has 1 aliphatic heterocycles. The molecule has 0 N–H and O–H groups in total. The smallest absolute Gasteiger partial charge is 0.244 e. The van der Waals surface area contributed by atoms with Crippen LogP contribution in [0.3, 0.4) is 0 Å². The Balaban J connectivity index is 1.40. The highest BCUT2D eigenvalue weighted by Crippen LogP contribution is 2.27.